The number of benzene rings is 3. The zero-order valence-corrected chi connectivity index (χ0v) is 54.7. The van der Waals surface area contributed by atoms with Gasteiger partial charge in [-0.15, -0.1) is 34.0 Å². The summed E-state index contributed by atoms with van der Waals surface area (Å²) in [5, 5.41) is 3.83. The highest BCUT2D eigenvalue weighted by molar-refractivity contribution is 7.98. The first-order chi connectivity index (χ1) is 42.5. The average Bonchev–Trinajstić information content (AvgIpc) is 3.42. The highest BCUT2D eigenvalue weighted by atomic mass is 32.2. The molecule has 0 unspecified atom stereocenters. The molecule has 0 aliphatic rings. The predicted octanol–water partition coefficient (Wildman–Crippen LogP) is 13.3. The van der Waals surface area contributed by atoms with E-state index in [1.54, 1.807) is 91.0 Å². The molecule has 4 N–H and O–H groups in total. The second-order valence-corrected chi connectivity index (χ2v) is 24.7. The Balaban J connectivity index is 0.000000190. The van der Waals surface area contributed by atoms with Crippen LogP contribution in [-0.4, -0.2) is 104 Å². The number of nitrogens with zero attached hydrogens (tertiary/aromatic N) is 9. The van der Waals surface area contributed by atoms with Crippen molar-refractivity contribution in [2.45, 2.75) is 103 Å². The number of thiazole rings is 3. The number of nitrogen functional groups attached to an aromatic ring is 2. The smallest absolute Gasteiger partial charge is 0.318 e. The minimum Gasteiger partial charge on any atom is -0.493 e. The van der Waals surface area contributed by atoms with Crippen molar-refractivity contribution in [2.24, 2.45) is 0 Å². The van der Waals surface area contributed by atoms with Crippen LogP contribution in [0.5, 0.6) is 40.5 Å². The standard InChI is InChI=1S/C24H26FN3O4S2.C19H22N4O3S.C19H22N4O2S2/c1-14(29)9-18-12-19(10-15(2)30)27-24(26-18)33-13-20-16(3)34-23(28-20)17-5-6-21(31-4)22(11-17)32-8-7-25;2*1-4-9-25-16-10-13(5-6-15(16)24-3)18-22-14(12(2)27-18)11-26-19-21-8-7-17(20)23-19/h5-6,11-12H,7-10,13H2,1-4H3;2*5-8,10H,4,9,11H2,1-3H3,(H2,20,21,23). The second kappa shape index (κ2) is 33.9. The van der Waals surface area contributed by atoms with Crippen LogP contribution in [-0.2, 0) is 40.5 Å². The molecular formula is C62H70FN11O9S5. The van der Waals surface area contributed by atoms with Gasteiger partial charge < -0.3 is 44.6 Å². The summed E-state index contributed by atoms with van der Waals surface area (Å²) in [4.78, 5) is 66.2. The van der Waals surface area contributed by atoms with Gasteiger partial charge in [0.05, 0.1) is 63.0 Å². The van der Waals surface area contributed by atoms with Gasteiger partial charge in [0, 0.05) is 68.1 Å². The Hall–Kier alpha value is -8.04. The van der Waals surface area contributed by atoms with Crippen molar-refractivity contribution < 1.29 is 47.1 Å². The summed E-state index contributed by atoms with van der Waals surface area (Å²) in [5.41, 5.74) is 18.2. The van der Waals surface area contributed by atoms with Gasteiger partial charge in [0.1, 0.15) is 58.1 Å². The molecule has 88 heavy (non-hydrogen) atoms. The quantitative estimate of drug-likeness (QED) is 0.0341. The molecule has 3 aromatic carbocycles. The molecule has 6 heterocycles. The van der Waals surface area contributed by atoms with E-state index < -0.39 is 6.67 Å². The molecule has 0 spiro atoms. The molecule has 0 atom stereocenters. The maximum Gasteiger partial charge on any atom is 0.318 e. The SMILES string of the molecule is CCCOc1cc(-c2nc(COc3nccc(N)n3)c(C)s2)ccc1OC.CCCOc1cc(-c2nc(CSc3nccc(N)n3)c(C)s2)ccc1OC.COc1ccc(-c2nc(CSc3nc(CC(C)=O)cc(CC(C)=O)n3)c(C)s2)cc1OCCF. The fraction of sp³-hybridized carbons (Fsp3) is 0.339. The fourth-order valence-electron chi connectivity index (χ4n) is 7.93. The number of thioether (sulfide) groups is 2. The zero-order chi connectivity index (χ0) is 63.1. The van der Waals surface area contributed by atoms with E-state index in [0.29, 0.717) is 75.3 Å². The largest absolute Gasteiger partial charge is 0.493 e. The number of methoxy groups -OCH3 is 3. The van der Waals surface area contributed by atoms with Crippen molar-refractivity contribution >= 4 is 80.7 Å². The number of alkyl halides is 1. The summed E-state index contributed by atoms with van der Waals surface area (Å²) in [6, 6.07) is 22.5. The number of ether oxygens (including phenoxy) is 7. The summed E-state index contributed by atoms with van der Waals surface area (Å²) in [7, 11) is 4.82. The molecule has 9 aromatic rings. The Labute approximate surface area is 531 Å². The van der Waals surface area contributed by atoms with E-state index in [1.807, 2.05) is 56.3 Å². The molecule has 464 valence electrons. The van der Waals surface area contributed by atoms with Crippen molar-refractivity contribution in [3.05, 3.63) is 128 Å². The van der Waals surface area contributed by atoms with Gasteiger partial charge in [-0.2, -0.15) is 4.98 Å². The number of hydrogen-bond donors (Lipinski definition) is 2. The number of halogens is 1. The predicted molar refractivity (Wildman–Crippen MR) is 347 cm³/mol. The maximum atomic E-state index is 12.6. The number of carbonyl (C=O) groups excluding carboxylic acids is 2. The van der Waals surface area contributed by atoms with Crippen LogP contribution in [0, 0.1) is 20.8 Å². The van der Waals surface area contributed by atoms with Gasteiger partial charge in [-0.1, -0.05) is 37.4 Å². The third-order valence-electron chi connectivity index (χ3n) is 12.2. The van der Waals surface area contributed by atoms with Crippen LogP contribution in [0.15, 0.2) is 95.5 Å². The van der Waals surface area contributed by atoms with E-state index in [4.69, 9.17) is 59.6 Å². The Bertz CT molecular complexity index is 3590. The number of nitrogens with two attached hydrogens (primary N) is 2. The van der Waals surface area contributed by atoms with Crippen molar-refractivity contribution in [3.8, 4) is 72.2 Å². The zero-order valence-electron chi connectivity index (χ0n) is 50.6. The van der Waals surface area contributed by atoms with E-state index in [0.717, 1.165) is 88.6 Å². The van der Waals surface area contributed by atoms with Crippen LogP contribution < -0.4 is 44.6 Å². The summed E-state index contributed by atoms with van der Waals surface area (Å²) in [6.45, 7) is 14.2. The van der Waals surface area contributed by atoms with E-state index in [2.05, 4.69) is 50.7 Å². The molecule has 0 bridgehead atoms. The average molecular weight is 1290 g/mol. The Morgan fingerprint density at radius 3 is 1.34 bits per heavy atom. The first-order valence-corrected chi connectivity index (χ1v) is 32.2. The maximum absolute atomic E-state index is 12.6. The van der Waals surface area contributed by atoms with E-state index in [-0.39, 0.29) is 43.6 Å². The summed E-state index contributed by atoms with van der Waals surface area (Å²) >= 11 is 7.75. The molecule has 26 heteroatoms. The summed E-state index contributed by atoms with van der Waals surface area (Å²) in [5.74, 6) is 5.97. The summed E-state index contributed by atoms with van der Waals surface area (Å²) in [6.07, 6.45) is 5.50. The lowest BCUT2D eigenvalue weighted by atomic mass is 10.1. The highest BCUT2D eigenvalue weighted by Crippen LogP contribution is 2.39. The van der Waals surface area contributed by atoms with Crippen LogP contribution in [0.3, 0.4) is 0 Å². The highest BCUT2D eigenvalue weighted by Gasteiger charge is 2.19. The molecule has 0 radical (unpaired) electrons. The van der Waals surface area contributed by atoms with E-state index >= 15 is 0 Å². The Morgan fingerprint density at radius 1 is 0.500 bits per heavy atom. The van der Waals surface area contributed by atoms with Gasteiger partial charge in [-0.05, 0) is 120 Å². The summed E-state index contributed by atoms with van der Waals surface area (Å²) < 4.78 is 51.3. The topological polar surface area (TPSA) is 267 Å². The van der Waals surface area contributed by atoms with E-state index in [9.17, 15) is 14.0 Å². The number of hydrogen-bond acceptors (Lipinski definition) is 25. The molecule has 9 rings (SSSR count). The van der Waals surface area contributed by atoms with Gasteiger partial charge >= 0.3 is 6.01 Å². The number of anilines is 2. The van der Waals surface area contributed by atoms with Gasteiger partial charge in [0.15, 0.2) is 44.8 Å². The molecule has 0 aliphatic heterocycles. The first-order valence-electron chi connectivity index (χ1n) is 27.8. The van der Waals surface area contributed by atoms with Gasteiger partial charge in [-0.3, -0.25) is 9.59 Å². The third-order valence-corrected chi connectivity index (χ3v) is 17.1. The van der Waals surface area contributed by atoms with Crippen LogP contribution in [0.4, 0.5) is 16.0 Å². The molecule has 0 amide bonds. The number of aryl methyl sites for hydroxylation is 3. The number of ketones is 2. The van der Waals surface area contributed by atoms with Crippen molar-refractivity contribution in [1.29, 1.82) is 0 Å². The van der Waals surface area contributed by atoms with Gasteiger partial charge in [0.2, 0.25) is 0 Å². The molecule has 6 aromatic heterocycles. The van der Waals surface area contributed by atoms with Gasteiger partial charge in [0.25, 0.3) is 0 Å². The van der Waals surface area contributed by atoms with Crippen molar-refractivity contribution in [3.63, 3.8) is 0 Å². The van der Waals surface area contributed by atoms with Crippen LogP contribution >= 0.6 is 57.5 Å². The fourth-order valence-corrected chi connectivity index (χ4v) is 12.6. The van der Waals surface area contributed by atoms with Gasteiger partial charge in [-0.25, -0.2) is 44.3 Å². The molecule has 0 aliphatic carbocycles. The lowest BCUT2D eigenvalue weighted by molar-refractivity contribution is -0.117. The lowest BCUT2D eigenvalue weighted by Crippen LogP contribution is -2.07. The molecule has 20 nitrogen and oxygen atoms in total. The Kier molecular flexibility index (Phi) is 26.0. The number of carbonyl (C=O) groups is 2. The van der Waals surface area contributed by atoms with Crippen LogP contribution in [0.1, 0.15) is 83.6 Å². The first kappa shape index (κ1) is 67.5. The van der Waals surface area contributed by atoms with Crippen molar-refractivity contribution in [1.82, 2.24) is 44.9 Å². The van der Waals surface area contributed by atoms with Crippen LogP contribution in [0.2, 0.25) is 0 Å². The van der Waals surface area contributed by atoms with Crippen molar-refractivity contribution in [2.75, 3.05) is 59.3 Å². The van der Waals surface area contributed by atoms with Crippen LogP contribution in [0.25, 0.3) is 31.7 Å². The second-order valence-electron chi connectivity index (χ2n) is 19.2. The number of Topliss-reactive ketones (excluding diaryl/α,β-unsaturated/α-hetero) is 2. The normalized spacial score (nSPS) is 10.8. The monoisotopic (exact) mass is 1290 g/mol. The van der Waals surface area contributed by atoms with E-state index in [1.165, 1.54) is 49.4 Å². The molecule has 0 fully saturated rings. The number of aromatic nitrogens is 9. The third kappa shape index (κ3) is 20.0. The molecule has 0 saturated carbocycles. The minimum atomic E-state index is -0.588. The Morgan fingerprint density at radius 2 is 0.920 bits per heavy atom. The molecule has 0 saturated heterocycles. The lowest BCUT2D eigenvalue weighted by Gasteiger charge is -2.11. The minimum absolute atomic E-state index is 0.00207. The number of rotatable bonds is 28. The molecular weight excluding hydrogens is 1220 g/mol.